The normalized spacial score (nSPS) is 11.2. The Morgan fingerprint density at radius 1 is 1.09 bits per heavy atom. The molecule has 3 aromatic carbocycles. The van der Waals surface area contributed by atoms with Crippen molar-refractivity contribution in [2.24, 2.45) is 5.10 Å². The van der Waals surface area contributed by atoms with Gasteiger partial charge in [0.15, 0.2) is 0 Å². The van der Waals surface area contributed by atoms with Gasteiger partial charge in [-0.1, -0.05) is 53.5 Å². The monoisotopic (exact) mass is 466 g/mol. The van der Waals surface area contributed by atoms with Crippen molar-refractivity contribution in [3.05, 3.63) is 110 Å². The Morgan fingerprint density at radius 3 is 2.69 bits per heavy atom. The van der Waals surface area contributed by atoms with Gasteiger partial charge in [0, 0.05) is 56.9 Å². The molecule has 0 aliphatic rings. The average Bonchev–Trinajstić information content (AvgIpc) is 3.13. The molecule has 0 unspecified atom stereocenters. The zero-order chi connectivity index (χ0) is 22.7. The Labute approximate surface area is 193 Å². The molecule has 1 amide bonds. The van der Waals surface area contributed by atoms with Gasteiger partial charge >= 0.3 is 0 Å². The molecule has 4 aromatic rings. The molecule has 0 spiro atoms. The molecule has 0 bridgehead atoms. The summed E-state index contributed by atoms with van der Waals surface area (Å²) in [5, 5.41) is 17.0. The van der Waals surface area contributed by atoms with Crippen LogP contribution in [0.2, 0.25) is 10.0 Å². The van der Waals surface area contributed by atoms with E-state index in [1.165, 1.54) is 30.5 Å². The molecule has 0 saturated heterocycles. The molecule has 0 saturated carbocycles. The van der Waals surface area contributed by atoms with Crippen LogP contribution in [0, 0.1) is 10.1 Å². The van der Waals surface area contributed by atoms with Crippen LogP contribution >= 0.6 is 23.2 Å². The van der Waals surface area contributed by atoms with Crippen LogP contribution in [0.4, 0.5) is 5.69 Å². The summed E-state index contributed by atoms with van der Waals surface area (Å²) in [5.74, 6) is -0.540. The molecule has 0 radical (unpaired) electrons. The first kappa shape index (κ1) is 21.5. The highest BCUT2D eigenvalue weighted by atomic mass is 35.5. The van der Waals surface area contributed by atoms with Crippen LogP contribution in [0.15, 0.2) is 78.0 Å². The lowest BCUT2D eigenvalue weighted by atomic mass is 10.2. The average molecular weight is 467 g/mol. The van der Waals surface area contributed by atoms with Crippen LogP contribution in [0.1, 0.15) is 21.5 Å². The van der Waals surface area contributed by atoms with Crippen molar-refractivity contribution in [1.82, 2.24) is 9.99 Å². The molecule has 0 aliphatic heterocycles. The second kappa shape index (κ2) is 9.21. The van der Waals surface area contributed by atoms with Crippen LogP contribution in [0.5, 0.6) is 0 Å². The first-order valence-electron chi connectivity index (χ1n) is 9.52. The quantitative estimate of drug-likeness (QED) is 0.225. The van der Waals surface area contributed by atoms with E-state index >= 15 is 0 Å². The zero-order valence-electron chi connectivity index (χ0n) is 16.5. The van der Waals surface area contributed by atoms with Crippen molar-refractivity contribution < 1.29 is 9.72 Å². The van der Waals surface area contributed by atoms with Crippen LogP contribution in [-0.4, -0.2) is 21.6 Å². The number of carbonyl (C=O) groups excluding carboxylic acids is 1. The van der Waals surface area contributed by atoms with Gasteiger partial charge in [-0.05, 0) is 29.8 Å². The van der Waals surface area contributed by atoms with E-state index in [4.69, 9.17) is 23.2 Å². The summed E-state index contributed by atoms with van der Waals surface area (Å²) in [7, 11) is 0. The standard InChI is InChI=1S/C23H16Cl2N4O3/c24-18-9-8-16(21(25)11-18)13-28-14-17(20-6-1-2-7-22(20)28)12-26-27-23(30)15-4-3-5-19(10-15)29(31)32/h1-12,14H,13H2,(H,27,30)/b26-12+. The summed E-state index contributed by atoms with van der Waals surface area (Å²) in [5.41, 5.74) is 5.09. The number of rotatable bonds is 6. The maximum absolute atomic E-state index is 12.3. The minimum absolute atomic E-state index is 0.149. The van der Waals surface area contributed by atoms with Crippen LogP contribution in [-0.2, 0) is 6.54 Å². The van der Waals surface area contributed by atoms with Gasteiger partial charge in [0.25, 0.3) is 11.6 Å². The number of benzene rings is 3. The topological polar surface area (TPSA) is 89.5 Å². The Morgan fingerprint density at radius 2 is 1.91 bits per heavy atom. The number of non-ortho nitro benzene ring substituents is 1. The maximum atomic E-state index is 12.3. The number of para-hydroxylation sites is 1. The van der Waals surface area contributed by atoms with Crippen LogP contribution < -0.4 is 5.43 Å². The van der Waals surface area contributed by atoms with Gasteiger partial charge in [-0.3, -0.25) is 14.9 Å². The number of fused-ring (bicyclic) bond motifs is 1. The van der Waals surface area contributed by atoms with E-state index in [2.05, 4.69) is 10.5 Å². The predicted octanol–water partition coefficient (Wildman–Crippen LogP) is 5.67. The maximum Gasteiger partial charge on any atom is 0.271 e. The molecule has 0 aliphatic carbocycles. The van der Waals surface area contributed by atoms with Crippen LogP contribution in [0.3, 0.4) is 0 Å². The lowest BCUT2D eigenvalue weighted by Crippen LogP contribution is -2.17. The van der Waals surface area contributed by atoms with Gasteiger partial charge in [0.05, 0.1) is 11.1 Å². The highest BCUT2D eigenvalue weighted by Gasteiger charge is 2.12. The number of hydrogen-bond donors (Lipinski definition) is 1. The fourth-order valence-electron chi connectivity index (χ4n) is 3.33. The van der Waals surface area contributed by atoms with E-state index in [9.17, 15) is 14.9 Å². The van der Waals surface area contributed by atoms with Gasteiger partial charge < -0.3 is 4.57 Å². The Bertz CT molecular complexity index is 1360. The second-order valence-corrected chi connectivity index (χ2v) is 7.82. The first-order valence-corrected chi connectivity index (χ1v) is 10.3. The highest BCUT2D eigenvalue weighted by molar-refractivity contribution is 6.35. The minimum Gasteiger partial charge on any atom is -0.342 e. The van der Waals surface area contributed by atoms with E-state index in [1.54, 1.807) is 12.1 Å². The molecular weight excluding hydrogens is 451 g/mol. The van der Waals surface area contributed by atoms with E-state index in [1.807, 2.05) is 41.1 Å². The SMILES string of the molecule is O=C(N/N=C/c1cn(Cc2ccc(Cl)cc2Cl)c2ccccc12)c1cccc([N+](=O)[O-])c1. The molecule has 0 fully saturated rings. The number of amides is 1. The van der Waals surface area contributed by atoms with Crippen molar-refractivity contribution in [1.29, 1.82) is 0 Å². The summed E-state index contributed by atoms with van der Waals surface area (Å²) >= 11 is 12.3. The smallest absolute Gasteiger partial charge is 0.271 e. The van der Waals surface area contributed by atoms with Gasteiger partial charge in [0.1, 0.15) is 0 Å². The minimum atomic E-state index is -0.554. The van der Waals surface area contributed by atoms with Gasteiger partial charge in [-0.25, -0.2) is 5.43 Å². The molecular formula is C23H16Cl2N4O3. The molecule has 32 heavy (non-hydrogen) atoms. The van der Waals surface area contributed by atoms with E-state index < -0.39 is 10.8 Å². The van der Waals surface area contributed by atoms with Crippen molar-refractivity contribution >= 4 is 51.9 Å². The number of nitrogens with one attached hydrogen (secondary N) is 1. The molecule has 160 valence electrons. The highest BCUT2D eigenvalue weighted by Crippen LogP contribution is 2.25. The third-order valence-electron chi connectivity index (χ3n) is 4.86. The Balaban J connectivity index is 1.57. The number of nitrogens with zero attached hydrogens (tertiary/aromatic N) is 3. The molecule has 9 heteroatoms. The molecule has 4 rings (SSSR count). The molecule has 0 atom stereocenters. The number of carbonyl (C=O) groups is 1. The summed E-state index contributed by atoms with van der Waals surface area (Å²) in [6.45, 7) is 0.532. The van der Waals surface area contributed by atoms with Gasteiger partial charge in [-0.2, -0.15) is 5.10 Å². The third-order valence-corrected chi connectivity index (χ3v) is 5.45. The summed E-state index contributed by atoms with van der Waals surface area (Å²) in [6.07, 6.45) is 3.45. The fourth-order valence-corrected chi connectivity index (χ4v) is 3.80. The first-order chi connectivity index (χ1) is 15.4. The number of nitro groups is 1. The second-order valence-electron chi connectivity index (χ2n) is 6.97. The Hall–Kier alpha value is -3.68. The summed E-state index contributed by atoms with van der Waals surface area (Å²) in [6, 6.07) is 18.6. The van der Waals surface area contributed by atoms with Crippen molar-refractivity contribution in [3.63, 3.8) is 0 Å². The van der Waals surface area contributed by atoms with Gasteiger partial charge in [0.2, 0.25) is 0 Å². The summed E-state index contributed by atoms with van der Waals surface area (Å²) < 4.78 is 2.04. The van der Waals surface area contributed by atoms with Crippen LogP contribution in [0.25, 0.3) is 10.9 Å². The molecule has 1 N–H and O–H groups in total. The molecule has 1 heterocycles. The lowest BCUT2D eigenvalue weighted by Gasteiger charge is -2.08. The van der Waals surface area contributed by atoms with Crippen molar-refractivity contribution in [2.45, 2.75) is 6.54 Å². The molecule has 1 aromatic heterocycles. The number of hydrazone groups is 1. The number of hydrogen-bond acceptors (Lipinski definition) is 4. The van der Waals surface area contributed by atoms with Crippen molar-refractivity contribution in [2.75, 3.05) is 0 Å². The van der Waals surface area contributed by atoms with E-state index in [-0.39, 0.29) is 11.3 Å². The summed E-state index contributed by atoms with van der Waals surface area (Å²) in [4.78, 5) is 22.7. The number of nitro benzene ring substituents is 1. The lowest BCUT2D eigenvalue weighted by molar-refractivity contribution is -0.384. The van der Waals surface area contributed by atoms with E-state index in [0.717, 1.165) is 22.0 Å². The Kier molecular flexibility index (Phi) is 6.20. The number of halogens is 2. The third kappa shape index (κ3) is 4.64. The zero-order valence-corrected chi connectivity index (χ0v) is 18.0. The number of aromatic nitrogens is 1. The van der Waals surface area contributed by atoms with Gasteiger partial charge in [-0.15, -0.1) is 0 Å². The van der Waals surface area contributed by atoms with Crippen molar-refractivity contribution in [3.8, 4) is 0 Å². The fraction of sp³-hybridized carbons (Fsp3) is 0.0435. The largest absolute Gasteiger partial charge is 0.342 e. The predicted molar refractivity (Wildman–Crippen MR) is 126 cm³/mol. The molecule has 7 nitrogen and oxygen atoms in total. The van der Waals surface area contributed by atoms with E-state index in [0.29, 0.717) is 16.6 Å².